The first-order valence-corrected chi connectivity index (χ1v) is 17.9. The number of hydrogen-bond donors (Lipinski definition) is 3. The van der Waals surface area contributed by atoms with Crippen LogP contribution >= 0.6 is 11.8 Å². The van der Waals surface area contributed by atoms with Crippen LogP contribution in [-0.4, -0.2) is 103 Å². The number of ether oxygens (including phenoxy) is 3. The van der Waals surface area contributed by atoms with Crippen LogP contribution in [0.5, 0.6) is 0 Å². The van der Waals surface area contributed by atoms with Crippen molar-refractivity contribution >= 4 is 47.2 Å². The Kier molecular flexibility index (Phi) is 12.1. The van der Waals surface area contributed by atoms with Crippen molar-refractivity contribution in [1.29, 1.82) is 0 Å². The summed E-state index contributed by atoms with van der Waals surface area (Å²) in [6, 6.07) is 10.1. The van der Waals surface area contributed by atoms with Crippen molar-refractivity contribution < 1.29 is 53.4 Å². The van der Waals surface area contributed by atoms with E-state index >= 15 is 0 Å². The van der Waals surface area contributed by atoms with Crippen molar-refractivity contribution in [2.45, 2.75) is 76.4 Å². The largest absolute Gasteiger partial charge is 0.477 e. The Morgan fingerprint density at radius 3 is 2.07 bits per heavy atom. The molecule has 19 heteroatoms. The smallest absolute Gasteiger partial charge is 0.410 e. The third-order valence-electron chi connectivity index (χ3n) is 9.57. The van der Waals surface area contributed by atoms with Gasteiger partial charge in [-0.15, -0.1) is 11.8 Å². The number of benzene rings is 2. The number of carbonyl (C=O) groups excluding carboxylic acids is 3. The molecule has 2 aromatic carbocycles. The fourth-order valence-electron chi connectivity index (χ4n) is 6.71. The molecule has 3 N–H and O–H groups in total. The zero-order valence-electron chi connectivity index (χ0n) is 29.9. The molecule has 0 spiro atoms. The molecule has 2 fully saturated rings. The lowest BCUT2D eigenvalue weighted by atomic mass is 9.79. The van der Waals surface area contributed by atoms with Crippen molar-refractivity contribution in [1.82, 2.24) is 15.1 Å². The lowest BCUT2D eigenvalue weighted by molar-refractivity contribution is -0.385. The minimum absolute atomic E-state index is 0.00788. The van der Waals surface area contributed by atoms with Crippen molar-refractivity contribution in [2.24, 2.45) is 11.8 Å². The quantitative estimate of drug-likeness (QED) is 0.131. The summed E-state index contributed by atoms with van der Waals surface area (Å²) in [5.74, 6) is -2.81. The number of carbonyl (C=O) groups is 4. The van der Waals surface area contributed by atoms with Crippen molar-refractivity contribution in [3.05, 3.63) is 90.5 Å². The number of nitro benzene ring substituents is 2. The van der Waals surface area contributed by atoms with Gasteiger partial charge in [0.2, 0.25) is 5.91 Å². The Balaban J connectivity index is 1.23. The number of carboxylic acids is 1. The normalized spacial score (nSPS) is 22.7. The number of aliphatic hydroxyl groups excluding tert-OH is 1. The molecule has 0 bridgehead atoms. The molecule has 3 amide bonds. The van der Waals surface area contributed by atoms with Gasteiger partial charge in [-0.05, 0) is 62.6 Å². The Hall–Kier alpha value is -5.27. The van der Waals surface area contributed by atoms with E-state index in [-0.39, 0.29) is 61.1 Å². The highest BCUT2D eigenvalue weighted by molar-refractivity contribution is 8.03. The van der Waals surface area contributed by atoms with Gasteiger partial charge in [-0.25, -0.2) is 14.4 Å². The fourth-order valence-corrected chi connectivity index (χ4v) is 8.28. The first-order valence-electron chi connectivity index (χ1n) is 17.1. The summed E-state index contributed by atoms with van der Waals surface area (Å²) in [4.78, 5) is 75.2. The standard InChI is InChI=1S/C35H41N5O13S/c1-19-28-27(20(2)41)31(42)38(28)29(32(43)44)30(19)54-26-13-25(37(14-26)34(46)52-16-22-7-11-24(12-8-22)40(49)50)17-53-35(3,4)18-36-33(45)51-15-21-5-9-23(10-6-21)39(47)48/h5-12,19-20,25-28,41H,13-18H2,1-4H3,(H,36,45)(H,43,44)/t19-,20-,25+,26+,27-,28-/m1/s1. The molecule has 18 nitrogen and oxygen atoms in total. The van der Waals surface area contributed by atoms with Gasteiger partial charge in [-0.3, -0.25) is 25.0 Å². The second-order valence-corrected chi connectivity index (χ2v) is 15.3. The predicted molar refractivity (Wildman–Crippen MR) is 191 cm³/mol. The van der Waals surface area contributed by atoms with Crippen LogP contribution in [0.3, 0.4) is 0 Å². The molecule has 54 heavy (non-hydrogen) atoms. The van der Waals surface area contributed by atoms with Crippen LogP contribution in [0.25, 0.3) is 0 Å². The summed E-state index contributed by atoms with van der Waals surface area (Å²) in [5, 5.41) is 44.5. The van der Waals surface area contributed by atoms with E-state index in [1.54, 1.807) is 13.8 Å². The number of hydrogen-bond acceptors (Lipinski definition) is 13. The number of amides is 3. The molecular weight excluding hydrogens is 730 g/mol. The lowest BCUT2D eigenvalue weighted by Gasteiger charge is -2.46. The number of thioether (sulfide) groups is 1. The predicted octanol–water partition coefficient (Wildman–Crippen LogP) is 4.19. The number of nitrogens with zero attached hydrogens (tertiary/aromatic N) is 4. The Morgan fingerprint density at radius 2 is 1.56 bits per heavy atom. The zero-order chi connectivity index (χ0) is 39.5. The molecule has 0 aliphatic carbocycles. The van der Waals surface area contributed by atoms with E-state index < -0.39 is 63.6 Å². The molecular formula is C35H41N5O13S. The summed E-state index contributed by atoms with van der Waals surface area (Å²) in [5.41, 5.74) is -0.199. The number of aliphatic hydroxyl groups is 1. The fraction of sp³-hybridized carbons (Fsp3) is 0.486. The third-order valence-corrected chi connectivity index (χ3v) is 11.1. The molecule has 5 rings (SSSR count). The van der Waals surface area contributed by atoms with Gasteiger partial charge >= 0.3 is 18.2 Å². The van der Waals surface area contributed by atoms with Crippen molar-refractivity contribution in [3.8, 4) is 0 Å². The molecule has 3 heterocycles. The minimum Gasteiger partial charge on any atom is -0.477 e. The maximum Gasteiger partial charge on any atom is 0.410 e. The second-order valence-electron chi connectivity index (χ2n) is 14.0. The van der Waals surface area contributed by atoms with Gasteiger partial charge < -0.3 is 39.5 Å². The highest BCUT2D eigenvalue weighted by Crippen LogP contribution is 2.52. The number of aliphatic carboxylic acids is 1. The number of likely N-dealkylation sites (tertiary alicyclic amines) is 1. The van der Waals surface area contributed by atoms with Crippen molar-refractivity contribution in [3.63, 3.8) is 0 Å². The summed E-state index contributed by atoms with van der Waals surface area (Å²) < 4.78 is 17.0. The summed E-state index contributed by atoms with van der Waals surface area (Å²) in [6.45, 7) is 6.66. The summed E-state index contributed by atoms with van der Waals surface area (Å²) in [7, 11) is 0. The first kappa shape index (κ1) is 39.9. The van der Waals surface area contributed by atoms with Crippen LogP contribution in [0.2, 0.25) is 0 Å². The van der Waals surface area contributed by atoms with E-state index in [0.717, 1.165) is 0 Å². The molecule has 0 radical (unpaired) electrons. The third kappa shape index (κ3) is 8.91. The summed E-state index contributed by atoms with van der Waals surface area (Å²) in [6.07, 6.45) is -2.02. The number of β-lactam (4-membered cyclic amide) rings is 1. The van der Waals surface area contributed by atoms with Gasteiger partial charge in [0.05, 0.1) is 46.2 Å². The Morgan fingerprint density at radius 1 is 1.00 bits per heavy atom. The number of nitro groups is 2. The average molecular weight is 772 g/mol. The molecule has 290 valence electrons. The van der Waals surface area contributed by atoms with Crippen LogP contribution in [0.1, 0.15) is 45.2 Å². The number of carboxylic acid groups (broad SMARTS) is 1. The number of alkyl carbamates (subject to hydrolysis) is 1. The van der Waals surface area contributed by atoms with Gasteiger partial charge in [-0.2, -0.15) is 0 Å². The van der Waals surface area contributed by atoms with Crippen LogP contribution in [0, 0.1) is 32.1 Å². The molecule has 0 saturated carbocycles. The number of nitrogens with one attached hydrogen (secondary N) is 1. The highest BCUT2D eigenvalue weighted by Gasteiger charge is 2.60. The Bertz CT molecular complexity index is 1820. The van der Waals surface area contributed by atoms with Crippen LogP contribution in [0.15, 0.2) is 59.1 Å². The van der Waals surface area contributed by atoms with Crippen LogP contribution < -0.4 is 5.32 Å². The van der Waals surface area contributed by atoms with E-state index in [2.05, 4.69) is 5.32 Å². The molecule has 3 aliphatic heterocycles. The maximum absolute atomic E-state index is 13.5. The second kappa shape index (κ2) is 16.4. The van der Waals surface area contributed by atoms with Gasteiger partial charge in [-0.1, -0.05) is 6.92 Å². The van der Waals surface area contributed by atoms with E-state index in [1.165, 1.54) is 77.0 Å². The molecule has 2 aromatic rings. The van der Waals surface area contributed by atoms with E-state index in [1.807, 2.05) is 6.92 Å². The lowest BCUT2D eigenvalue weighted by Crippen LogP contribution is -2.63. The van der Waals surface area contributed by atoms with Gasteiger partial charge in [0.15, 0.2) is 0 Å². The SMILES string of the molecule is C[C@@H](O)[C@H]1C(=O)N2C(C(=O)O)=C(S[C@H]3C[C@@H](COC(C)(C)CNC(=O)OCc4ccc([N+](=O)[O-])cc4)N(C(=O)OCc4ccc([N+](=O)[O-])cc4)C3)[C@H](C)[C@H]12. The molecule has 0 aromatic heterocycles. The average Bonchev–Trinajstić information content (AvgIpc) is 3.64. The monoisotopic (exact) mass is 771 g/mol. The van der Waals surface area contributed by atoms with Gasteiger partial charge in [0.25, 0.3) is 11.4 Å². The summed E-state index contributed by atoms with van der Waals surface area (Å²) >= 11 is 1.27. The van der Waals surface area contributed by atoms with Crippen LogP contribution in [0.4, 0.5) is 21.0 Å². The minimum atomic E-state index is -1.26. The highest BCUT2D eigenvalue weighted by atomic mass is 32.2. The molecule has 0 unspecified atom stereocenters. The topological polar surface area (TPSA) is 241 Å². The first-order chi connectivity index (χ1) is 25.5. The zero-order valence-corrected chi connectivity index (χ0v) is 30.7. The molecule has 3 aliphatic rings. The maximum atomic E-state index is 13.5. The number of rotatable bonds is 15. The number of non-ortho nitro benzene ring substituents is 2. The van der Waals surface area contributed by atoms with Gasteiger partial charge in [0.1, 0.15) is 18.9 Å². The molecule has 2 saturated heterocycles. The van der Waals surface area contributed by atoms with Gasteiger partial charge in [0, 0.05) is 53.4 Å². The van der Waals surface area contributed by atoms with E-state index in [0.29, 0.717) is 22.5 Å². The number of fused-ring (bicyclic) bond motifs is 1. The van der Waals surface area contributed by atoms with Crippen LogP contribution in [-0.2, 0) is 37.0 Å². The van der Waals surface area contributed by atoms with Crippen molar-refractivity contribution in [2.75, 3.05) is 19.7 Å². The van der Waals surface area contributed by atoms with E-state index in [9.17, 15) is 49.6 Å². The van der Waals surface area contributed by atoms with E-state index in [4.69, 9.17) is 14.2 Å². The molecule has 6 atom stereocenters. The Labute approximate surface area is 313 Å².